The molecule has 0 saturated carbocycles. The van der Waals surface area contributed by atoms with Crippen LogP contribution in [0.5, 0.6) is 0 Å². The number of carbonyl (C=O) groups excluding carboxylic acids is 1. The minimum atomic E-state index is -0.955. The molecule has 3 atom stereocenters. The van der Waals surface area contributed by atoms with Crippen LogP contribution in [-0.2, 0) is 9.59 Å². The molecule has 6 heteroatoms. The van der Waals surface area contributed by atoms with Gasteiger partial charge in [0, 0.05) is 0 Å². The number of carbonyl (C=O) groups is 2. The van der Waals surface area contributed by atoms with Crippen molar-refractivity contribution in [1.29, 1.82) is 0 Å². The highest BCUT2D eigenvalue weighted by molar-refractivity contribution is 7.98. The lowest BCUT2D eigenvalue weighted by Crippen LogP contribution is -2.50. The number of hydrogen-bond acceptors (Lipinski definition) is 4. The van der Waals surface area contributed by atoms with Crippen LogP contribution in [0.1, 0.15) is 26.2 Å². The largest absolute Gasteiger partial charge is 0.480 e. The zero-order valence-electron chi connectivity index (χ0n) is 10.9. The lowest BCUT2D eigenvalue weighted by Gasteiger charge is -2.21. The van der Waals surface area contributed by atoms with E-state index in [0.717, 1.165) is 25.1 Å². The van der Waals surface area contributed by atoms with Crippen molar-refractivity contribution >= 4 is 23.6 Å². The second-order valence-electron chi connectivity index (χ2n) is 4.57. The summed E-state index contributed by atoms with van der Waals surface area (Å²) >= 11 is 1.58. The monoisotopic (exact) mass is 274 g/mol. The molecule has 104 valence electrons. The van der Waals surface area contributed by atoms with E-state index in [4.69, 9.17) is 5.11 Å². The summed E-state index contributed by atoms with van der Waals surface area (Å²) in [6.07, 6.45) is 4.31. The van der Waals surface area contributed by atoms with Crippen molar-refractivity contribution in [2.75, 3.05) is 18.6 Å². The molecule has 1 saturated heterocycles. The minimum Gasteiger partial charge on any atom is -0.480 e. The summed E-state index contributed by atoms with van der Waals surface area (Å²) < 4.78 is 0. The molecular weight excluding hydrogens is 252 g/mol. The Kier molecular flexibility index (Phi) is 6.49. The second kappa shape index (κ2) is 7.63. The van der Waals surface area contributed by atoms with E-state index in [0.29, 0.717) is 12.3 Å². The molecule has 0 aromatic carbocycles. The lowest BCUT2D eigenvalue weighted by molar-refractivity contribution is -0.142. The Morgan fingerprint density at radius 3 is 2.83 bits per heavy atom. The fourth-order valence-electron chi connectivity index (χ4n) is 2.26. The smallest absolute Gasteiger partial charge is 0.326 e. The van der Waals surface area contributed by atoms with Crippen molar-refractivity contribution in [2.45, 2.75) is 38.3 Å². The first-order valence-electron chi connectivity index (χ1n) is 6.35. The van der Waals surface area contributed by atoms with Crippen molar-refractivity contribution in [1.82, 2.24) is 10.6 Å². The van der Waals surface area contributed by atoms with E-state index in [1.54, 1.807) is 11.8 Å². The van der Waals surface area contributed by atoms with Crippen LogP contribution in [0.2, 0.25) is 0 Å². The highest BCUT2D eigenvalue weighted by atomic mass is 32.2. The Morgan fingerprint density at radius 2 is 2.28 bits per heavy atom. The van der Waals surface area contributed by atoms with Crippen LogP contribution < -0.4 is 10.6 Å². The van der Waals surface area contributed by atoms with Gasteiger partial charge in [0.15, 0.2) is 0 Å². The molecule has 0 aliphatic carbocycles. The van der Waals surface area contributed by atoms with E-state index in [2.05, 4.69) is 17.6 Å². The number of aliphatic carboxylic acids is 1. The highest BCUT2D eigenvalue weighted by Crippen LogP contribution is 2.19. The first-order chi connectivity index (χ1) is 8.60. The van der Waals surface area contributed by atoms with Crippen LogP contribution in [0.4, 0.5) is 0 Å². The average molecular weight is 274 g/mol. The number of rotatable bonds is 7. The van der Waals surface area contributed by atoms with Crippen molar-refractivity contribution in [3.63, 3.8) is 0 Å². The molecule has 0 spiro atoms. The molecule has 18 heavy (non-hydrogen) atoms. The summed E-state index contributed by atoms with van der Waals surface area (Å²) in [4.78, 5) is 23.1. The van der Waals surface area contributed by atoms with Crippen LogP contribution in [0.25, 0.3) is 0 Å². The molecule has 1 unspecified atom stereocenters. The summed E-state index contributed by atoms with van der Waals surface area (Å²) in [5, 5.41) is 14.9. The summed E-state index contributed by atoms with van der Waals surface area (Å²) in [5.41, 5.74) is 0. The van der Waals surface area contributed by atoms with Crippen LogP contribution in [-0.4, -0.2) is 47.6 Å². The predicted molar refractivity (Wildman–Crippen MR) is 72.8 cm³/mol. The summed E-state index contributed by atoms with van der Waals surface area (Å²) in [5.74, 6) is -0.0803. The fourth-order valence-corrected chi connectivity index (χ4v) is 2.73. The van der Waals surface area contributed by atoms with Crippen LogP contribution >= 0.6 is 11.8 Å². The van der Waals surface area contributed by atoms with Gasteiger partial charge in [0.1, 0.15) is 6.04 Å². The zero-order valence-corrected chi connectivity index (χ0v) is 11.8. The molecule has 1 fully saturated rings. The SMILES string of the molecule is CCC1CCN[C@@H]1C(=O)N[C@@H](CCSC)C(=O)O. The van der Waals surface area contributed by atoms with Gasteiger partial charge in [0.05, 0.1) is 6.04 Å². The predicted octanol–water partition coefficient (Wildman–Crippen LogP) is 0.697. The molecule has 5 nitrogen and oxygen atoms in total. The van der Waals surface area contributed by atoms with E-state index in [1.807, 2.05) is 6.26 Å². The van der Waals surface area contributed by atoms with E-state index in [-0.39, 0.29) is 11.9 Å². The quantitative estimate of drug-likeness (QED) is 0.637. The molecule has 0 radical (unpaired) electrons. The van der Waals surface area contributed by atoms with E-state index >= 15 is 0 Å². The third-order valence-corrected chi connectivity index (χ3v) is 4.03. The number of hydrogen-bond donors (Lipinski definition) is 3. The molecule has 1 heterocycles. The Labute approximate surface area is 112 Å². The molecular formula is C12H22N2O3S. The lowest BCUT2D eigenvalue weighted by atomic mass is 9.97. The number of thioether (sulfide) groups is 1. The summed E-state index contributed by atoms with van der Waals surface area (Å²) in [6.45, 7) is 2.89. The van der Waals surface area contributed by atoms with E-state index in [1.165, 1.54) is 0 Å². The van der Waals surface area contributed by atoms with Gasteiger partial charge in [-0.2, -0.15) is 11.8 Å². The number of nitrogens with one attached hydrogen (secondary N) is 2. The second-order valence-corrected chi connectivity index (χ2v) is 5.56. The zero-order chi connectivity index (χ0) is 13.5. The van der Waals surface area contributed by atoms with Gasteiger partial charge >= 0.3 is 5.97 Å². The van der Waals surface area contributed by atoms with Gasteiger partial charge in [0.2, 0.25) is 5.91 Å². The first-order valence-corrected chi connectivity index (χ1v) is 7.75. The normalized spacial score (nSPS) is 24.8. The van der Waals surface area contributed by atoms with Crippen molar-refractivity contribution in [3.05, 3.63) is 0 Å². The van der Waals surface area contributed by atoms with Crippen molar-refractivity contribution in [2.24, 2.45) is 5.92 Å². The van der Waals surface area contributed by atoms with Gasteiger partial charge in [-0.05, 0) is 37.3 Å². The highest BCUT2D eigenvalue weighted by Gasteiger charge is 2.33. The maximum Gasteiger partial charge on any atom is 0.326 e. The Balaban J connectivity index is 2.52. The van der Waals surface area contributed by atoms with Crippen molar-refractivity contribution in [3.8, 4) is 0 Å². The maximum absolute atomic E-state index is 12.0. The number of carboxylic acid groups (broad SMARTS) is 1. The molecule has 1 aliphatic rings. The van der Waals surface area contributed by atoms with E-state index in [9.17, 15) is 9.59 Å². The Hall–Kier alpha value is -0.750. The van der Waals surface area contributed by atoms with Gasteiger partial charge < -0.3 is 15.7 Å². The van der Waals surface area contributed by atoms with Gasteiger partial charge in [-0.1, -0.05) is 13.3 Å². The fraction of sp³-hybridized carbons (Fsp3) is 0.833. The molecule has 1 aliphatic heterocycles. The summed E-state index contributed by atoms with van der Waals surface area (Å²) in [6, 6.07) is -1.00. The standard InChI is InChI=1S/C12H22N2O3S/c1-3-8-4-6-13-10(8)11(15)14-9(12(16)17)5-7-18-2/h8-10,13H,3-7H2,1-2H3,(H,14,15)(H,16,17)/t8?,9-,10-/m0/s1. The summed E-state index contributed by atoms with van der Waals surface area (Å²) in [7, 11) is 0. The first kappa shape index (κ1) is 15.3. The van der Waals surface area contributed by atoms with Gasteiger partial charge in [-0.15, -0.1) is 0 Å². The molecule has 0 aromatic rings. The molecule has 0 bridgehead atoms. The number of amides is 1. The molecule has 3 N–H and O–H groups in total. The molecule has 1 rings (SSSR count). The van der Waals surface area contributed by atoms with Gasteiger partial charge in [-0.25, -0.2) is 4.79 Å². The Morgan fingerprint density at radius 1 is 1.56 bits per heavy atom. The van der Waals surface area contributed by atoms with Crippen LogP contribution in [0, 0.1) is 5.92 Å². The van der Waals surface area contributed by atoms with Gasteiger partial charge in [0.25, 0.3) is 0 Å². The molecule has 0 aromatic heterocycles. The third-order valence-electron chi connectivity index (χ3n) is 3.38. The van der Waals surface area contributed by atoms with E-state index < -0.39 is 12.0 Å². The van der Waals surface area contributed by atoms with Crippen molar-refractivity contribution < 1.29 is 14.7 Å². The van der Waals surface area contributed by atoms with Crippen LogP contribution in [0.3, 0.4) is 0 Å². The minimum absolute atomic E-state index is 0.173. The Bertz CT molecular complexity index is 299. The topological polar surface area (TPSA) is 78.4 Å². The van der Waals surface area contributed by atoms with Crippen LogP contribution in [0.15, 0.2) is 0 Å². The number of carboxylic acids is 1. The maximum atomic E-state index is 12.0. The average Bonchev–Trinajstić information content (AvgIpc) is 2.82. The molecule has 1 amide bonds. The van der Waals surface area contributed by atoms with Gasteiger partial charge in [-0.3, -0.25) is 4.79 Å². The third kappa shape index (κ3) is 4.17.